The van der Waals surface area contributed by atoms with Crippen LogP contribution in [0.3, 0.4) is 0 Å². The highest BCUT2D eigenvalue weighted by Crippen LogP contribution is 2.40. The Balaban J connectivity index is 1.51. The van der Waals surface area contributed by atoms with Crippen molar-refractivity contribution in [1.82, 2.24) is 15.2 Å². The van der Waals surface area contributed by atoms with Crippen LogP contribution in [-0.4, -0.2) is 78.3 Å². The highest BCUT2D eigenvalue weighted by molar-refractivity contribution is 8.00. The predicted octanol–water partition coefficient (Wildman–Crippen LogP) is 0.891. The number of nitrogens with one attached hydrogen (secondary N) is 1. The van der Waals surface area contributed by atoms with Crippen LogP contribution in [0.1, 0.15) is 11.3 Å². The molecule has 1 saturated heterocycles. The molecule has 17 heteroatoms. The molecule has 3 heterocycles. The molecule has 2 aliphatic heterocycles. The van der Waals surface area contributed by atoms with E-state index in [1.54, 1.807) is 6.08 Å². The summed E-state index contributed by atoms with van der Waals surface area (Å²) in [5.41, 5.74) is 5.79. The summed E-state index contributed by atoms with van der Waals surface area (Å²) in [5.74, 6) is -4.05. The largest absolute Gasteiger partial charge is 0.479 e. The number of aromatic nitrogens is 1. The zero-order valence-electron chi connectivity index (χ0n) is 19.5. The highest BCUT2D eigenvalue weighted by Gasteiger charge is 2.54. The molecule has 2 amide bonds. The van der Waals surface area contributed by atoms with E-state index in [2.05, 4.69) is 20.3 Å². The number of anilines is 1. The van der Waals surface area contributed by atoms with E-state index in [0.29, 0.717) is 11.1 Å². The Bertz CT molecular complexity index is 1450. The van der Waals surface area contributed by atoms with Crippen LogP contribution in [0.15, 0.2) is 52.1 Å². The fourth-order valence-corrected chi connectivity index (χ4v) is 5.50. The van der Waals surface area contributed by atoms with E-state index in [1.807, 2.05) is 0 Å². The van der Waals surface area contributed by atoms with Crippen LogP contribution in [0, 0.1) is 10.1 Å². The van der Waals surface area contributed by atoms with E-state index in [0.717, 1.165) is 16.2 Å². The lowest BCUT2D eigenvalue weighted by Crippen LogP contribution is -2.71. The summed E-state index contributed by atoms with van der Waals surface area (Å²) in [6.07, 6.45) is 3.09. The number of nitrogen functional groups attached to an aromatic ring is 1. The number of nitro groups is 1. The van der Waals surface area contributed by atoms with Crippen LogP contribution in [0.4, 0.5) is 10.8 Å². The zero-order chi connectivity index (χ0) is 28.3. The summed E-state index contributed by atoms with van der Waals surface area (Å²) in [7, 11) is 0. The summed E-state index contributed by atoms with van der Waals surface area (Å²) in [6.45, 7) is -0.825. The number of oxime groups is 1. The van der Waals surface area contributed by atoms with Gasteiger partial charge in [0.1, 0.15) is 22.8 Å². The van der Waals surface area contributed by atoms with Crippen molar-refractivity contribution >= 4 is 69.5 Å². The number of hydrogen-bond acceptors (Lipinski definition) is 12. The van der Waals surface area contributed by atoms with Gasteiger partial charge in [-0.25, -0.2) is 14.6 Å². The zero-order valence-corrected chi connectivity index (χ0v) is 21.2. The number of thiazole rings is 1. The van der Waals surface area contributed by atoms with Gasteiger partial charge in [-0.2, -0.15) is 0 Å². The number of non-ortho nitro benzene ring substituents is 1. The van der Waals surface area contributed by atoms with Crippen molar-refractivity contribution < 1.29 is 39.2 Å². The van der Waals surface area contributed by atoms with E-state index < -0.39 is 52.4 Å². The first-order valence-electron chi connectivity index (χ1n) is 10.8. The Hall–Kier alpha value is -4.77. The Morgan fingerprint density at radius 2 is 2.00 bits per heavy atom. The number of hydrogen-bond donors (Lipinski definition) is 4. The quantitative estimate of drug-likeness (QED) is 0.134. The number of benzene rings is 1. The van der Waals surface area contributed by atoms with Crippen molar-refractivity contribution in [2.24, 2.45) is 5.16 Å². The normalized spacial score (nSPS) is 18.9. The Morgan fingerprint density at radius 1 is 1.28 bits per heavy atom. The van der Waals surface area contributed by atoms with Gasteiger partial charge in [-0.1, -0.05) is 17.3 Å². The third-order valence-corrected chi connectivity index (χ3v) is 7.37. The Kier molecular flexibility index (Phi) is 7.91. The summed E-state index contributed by atoms with van der Waals surface area (Å²) in [4.78, 5) is 68.7. The number of nitro benzene ring substituents is 1. The minimum atomic E-state index is -1.34. The Morgan fingerprint density at radius 3 is 2.59 bits per heavy atom. The number of β-lactam (4-membered cyclic amide) rings is 1. The van der Waals surface area contributed by atoms with E-state index in [1.165, 1.54) is 47.5 Å². The number of aliphatic carboxylic acids is 2. The second-order valence-corrected chi connectivity index (χ2v) is 9.89. The Labute approximate surface area is 226 Å². The van der Waals surface area contributed by atoms with Crippen molar-refractivity contribution in [3.63, 3.8) is 0 Å². The van der Waals surface area contributed by atoms with Crippen LogP contribution in [-0.2, 0) is 24.0 Å². The third-order valence-electron chi connectivity index (χ3n) is 5.39. The molecule has 5 N–H and O–H groups in total. The van der Waals surface area contributed by atoms with Gasteiger partial charge in [-0.3, -0.25) is 24.6 Å². The molecule has 0 bridgehead atoms. The second kappa shape index (κ2) is 11.3. The molecule has 1 unspecified atom stereocenters. The lowest BCUT2D eigenvalue weighted by Gasteiger charge is -2.49. The molecule has 202 valence electrons. The van der Waals surface area contributed by atoms with Gasteiger partial charge in [-0.05, 0) is 23.3 Å². The number of carbonyl (C=O) groups is 4. The molecule has 2 aromatic rings. The van der Waals surface area contributed by atoms with Crippen LogP contribution in [0.2, 0.25) is 0 Å². The smallest absolute Gasteiger partial charge is 0.352 e. The van der Waals surface area contributed by atoms with Gasteiger partial charge in [0.25, 0.3) is 17.5 Å². The number of carboxylic acids is 2. The maximum atomic E-state index is 13.0. The molecule has 1 aromatic carbocycles. The van der Waals surface area contributed by atoms with Gasteiger partial charge in [0.05, 0.1) is 4.92 Å². The number of amides is 2. The van der Waals surface area contributed by atoms with Crippen molar-refractivity contribution in [1.29, 1.82) is 0 Å². The molecule has 1 fully saturated rings. The van der Waals surface area contributed by atoms with Crippen molar-refractivity contribution in [3.05, 3.63) is 68.4 Å². The van der Waals surface area contributed by atoms with Crippen molar-refractivity contribution in [2.45, 2.75) is 11.4 Å². The predicted molar refractivity (Wildman–Crippen MR) is 138 cm³/mol. The number of thioether (sulfide) groups is 1. The topological polar surface area (TPSA) is 228 Å². The van der Waals surface area contributed by atoms with Gasteiger partial charge >= 0.3 is 11.9 Å². The fourth-order valence-electron chi connectivity index (χ4n) is 3.64. The molecule has 4 rings (SSSR count). The van der Waals surface area contributed by atoms with Crippen LogP contribution in [0.5, 0.6) is 0 Å². The molecular weight excluding hydrogens is 556 g/mol. The first-order chi connectivity index (χ1) is 18.6. The molecule has 0 spiro atoms. The summed E-state index contributed by atoms with van der Waals surface area (Å²) >= 11 is 2.22. The van der Waals surface area contributed by atoms with E-state index >= 15 is 0 Å². The third kappa shape index (κ3) is 5.88. The highest BCUT2D eigenvalue weighted by atomic mass is 32.2. The number of nitrogens with zero attached hydrogens (tertiary/aromatic N) is 4. The van der Waals surface area contributed by atoms with Gasteiger partial charge in [0, 0.05) is 23.3 Å². The van der Waals surface area contributed by atoms with Gasteiger partial charge in [0.15, 0.2) is 10.8 Å². The monoisotopic (exact) mass is 574 g/mol. The molecule has 15 nitrogen and oxygen atoms in total. The molecular formula is C22H18N6O9S2. The molecule has 0 radical (unpaired) electrons. The number of carboxylic acid groups (broad SMARTS) is 2. The minimum absolute atomic E-state index is 0.00472. The standard InChI is InChI=1S/C22H18N6O9S2/c23-22-24-13(9-39-22)15(26-37-7-14(29)30)18(31)25-16-19(32)27-17(21(33)34)11(8-38-20(16)27)4-1-10-2-5-12(6-3-10)28(35)36/h1-6,9,16,20H,7-8H2,(H2,23,24)(H,25,31)(H,29,30)(H,33,34)/t16?,20-/m0/s1. The van der Waals surface area contributed by atoms with Crippen LogP contribution in [0.25, 0.3) is 6.08 Å². The van der Waals surface area contributed by atoms with Crippen LogP contribution >= 0.6 is 23.1 Å². The molecule has 2 atom stereocenters. The van der Waals surface area contributed by atoms with Crippen molar-refractivity contribution in [3.8, 4) is 0 Å². The molecule has 1 aromatic heterocycles. The summed E-state index contributed by atoms with van der Waals surface area (Å²) in [6, 6.07) is 4.54. The van der Waals surface area contributed by atoms with Crippen LogP contribution < -0.4 is 11.1 Å². The van der Waals surface area contributed by atoms with Gasteiger partial charge < -0.3 is 26.1 Å². The fraction of sp³-hybridized carbons (Fsp3) is 0.182. The molecule has 39 heavy (non-hydrogen) atoms. The molecule has 2 aliphatic rings. The number of nitrogens with two attached hydrogens (primary N) is 1. The van der Waals surface area contributed by atoms with Gasteiger partial charge in [0.2, 0.25) is 6.61 Å². The summed E-state index contributed by atoms with van der Waals surface area (Å²) < 4.78 is 0. The first kappa shape index (κ1) is 27.3. The number of fused-ring (bicyclic) bond motifs is 1. The number of rotatable bonds is 10. The van der Waals surface area contributed by atoms with E-state index in [4.69, 9.17) is 10.8 Å². The molecule has 0 aliphatic carbocycles. The van der Waals surface area contributed by atoms with Gasteiger partial charge in [-0.15, -0.1) is 23.1 Å². The number of carbonyl (C=O) groups excluding carboxylic acids is 2. The van der Waals surface area contributed by atoms with E-state index in [-0.39, 0.29) is 28.0 Å². The lowest BCUT2D eigenvalue weighted by atomic mass is 10.0. The van der Waals surface area contributed by atoms with E-state index in [9.17, 15) is 34.4 Å². The molecule has 0 saturated carbocycles. The maximum Gasteiger partial charge on any atom is 0.352 e. The average Bonchev–Trinajstić information content (AvgIpc) is 3.33. The minimum Gasteiger partial charge on any atom is -0.479 e. The summed E-state index contributed by atoms with van der Waals surface area (Å²) in [5, 5.41) is 36.2. The maximum absolute atomic E-state index is 13.0. The number of allylic oxidation sites excluding steroid dienone is 1. The lowest BCUT2D eigenvalue weighted by molar-refractivity contribution is -0.384. The SMILES string of the molecule is Nc1nc(C(=NOCC(=O)O)C(=O)NC2C(=O)N3C(C(=O)O)=C(C=Cc4ccc([N+](=O)[O-])cc4)CS[C@@H]23)cs1. The second-order valence-electron chi connectivity index (χ2n) is 7.90. The van der Waals surface area contributed by atoms with Crippen molar-refractivity contribution in [2.75, 3.05) is 18.1 Å². The average molecular weight is 575 g/mol. The first-order valence-corrected chi connectivity index (χ1v) is 12.8.